The number of anilines is 1. The van der Waals surface area contributed by atoms with Gasteiger partial charge in [0.2, 0.25) is 5.78 Å². The van der Waals surface area contributed by atoms with Gasteiger partial charge >= 0.3 is 0 Å². The number of hydrogen-bond acceptors (Lipinski definition) is 5. The number of halogens is 1. The number of aryl methyl sites for hydroxylation is 1. The fraction of sp³-hybridized carbons (Fsp3) is 0.0741. The molecule has 1 amide bonds. The summed E-state index contributed by atoms with van der Waals surface area (Å²) in [7, 11) is 0. The maximum absolute atomic E-state index is 14.0. The van der Waals surface area contributed by atoms with E-state index in [-0.39, 0.29) is 11.3 Å². The van der Waals surface area contributed by atoms with Crippen molar-refractivity contribution < 1.29 is 19.1 Å². The lowest BCUT2D eigenvalue weighted by molar-refractivity contribution is -0.117. The van der Waals surface area contributed by atoms with E-state index >= 15 is 0 Å². The summed E-state index contributed by atoms with van der Waals surface area (Å²) in [6, 6.07) is 23.0. The zero-order chi connectivity index (χ0) is 23.8. The lowest BCUT2D eigenvalue weighted by atomic mass is 9.95. The molecule has 1 atom stereocenters. The zero-order valence-electron chi connectivity index (χ0n) is 18.1. The topological polar surface area (TPSA) is 70.5 Å². The number of carbonyl (C=O) groups is 2. The van der Waals surface area contributed by atoms with Crippen molar-refractivity contribution in [2.75, 3.05) is 4.90 Å². The molecule has 0 fully saturated rings. The number of aliphatic hydroxyl groups excluding tert-OH is 1. The molecule has 1 aliphatic rings. The van der Waals surface area contributed by atoms with Gasteiger partial charge in [-0.1, -0.05) is 66.7 Å². The quantitative estimate of drug-likeness (QED) is 0.361. The number of nitrogens with zero attached hydrogens (tertiary/aromatic N) is 2. The second-order valence-electron chi connectivity index (χ2n) is 7.86. The van der Waals surface area contributed by atoms with Crippen molar-refractivity contribution in [3.63, 3.8) is 0 Å². The Morgan fingerprint density at radius 3 is 2.35 bits per heavy atom. The van der Waals surface area contributed by atoms with E-state index < -0.39 is 29.3 Å². The maximum atomic E-state index is 14.0. The minimum absolute atomic E-state index is 0.0492. The molecule has 0 spiro atoms. The average Bonchev–Trinajstić information content (AvgIpc) is 3.37. The average molecular weight is 471 g/mol. The first kappa shape index (κ1) is 21.7. The molecular formula is C27H19FN2O3S. The summed E-state index contributed by atoms with van der Waals surface area (Å²) in [6.45, 7) is 1.73. The largest absolute Gasteiger partial charge is 0.503 e. The molecule has 0 saturated heterocycles. The fourth-order valence-electron chi connectivity index (χ4n) is 4.11. The van der Waals surface area contributed by atoms with Crippen molar-refractivity contribution >= 4 is 28.7 Å². The van der Waals surface area contributed by atoms with Crippen LogP contribution >= 0.6 is 11.3 Å². The van der Waals surface area contributed by atoms with Gasteiger partial charge in [0, 0.05) is 11.3 Å². The Labute approximate surface area is 199 Å². The number of benzene rings is 3. The molecule has 2 heterocycles. The lowest BCUT2D eigenvalue weighted by Gasteiger charge is -2.26. The van der Waals surface area contributed by atoms with Crippen molar-refractivity contribution in [1.29, 1.82) is 0 Å². The fourth-order valence-corrected chi connectivity index (χ4v) is 5.14. The van der Waals surface area contributed by atoms with Gasteiger partial charge in [0.15, 0.2) is 5.76 Å². The second-order valence-corrected chi connectivity index (χ2v) is 8.86. The van der Waals surface area contributed by atoms with Gasteiger partial charge in [0.25, 0.3) is 5.91 Å². The van der Waals surface area contributed by atoms with Gasteiger partial charge in [-0.15, -0.1) is 11.3 Å². The van der Waals surface area contributed by atoms with Crippen LogP contribution in [0.15, 0.2) is 96.3 Å². The van der Waals surface area contributed by atoms with E-state index in [9.17, 15) is 19.1 Å². The van der Waals surface area contributed by atoms with Gasteiger partial charge in [-0.2, -0.15) is 0 Å². The molecule has 168 valence electrons. The number of aliphatic hydroxyl groups is 1. The van der Waals surface area contributed by atoms with Gasteiger partial charge in [0.1, 0.15) is 10.8 Å². The number of aromatic nitrogens is 1. The summed E-state index contributed by atoms with van der Waals surface area (Å²) in [5, 5.41) is 11.6. The molecule has 1 unspecified atom stereocenters. The van der Waals surface area contributed by atoms with Crippen LogP contribution in [0.3, 0.4) is 0 Å². The van der Waals surface area contributed by atoms with Crippen molar-refractivity contribution in [2.24, 2.45) is 0 Å². The number of Topliss-reactive ketones (excluding diaryl/α,β-unsaturated/α-hetero) is 1. The third-order valence-corrected chi connectivity index (χ3v) is 6.88. The number of ketones is 1. The minimum atomic E-state index is -0.912. The minimum Gasteiger partial charge on any atom is -0.503 e. The monoisotopic (exact) mass is 470 g/mol. The molecular weight excluding hydrogens is 451 g/mol. The Kier molecular flexibility index (Phi) is 5.55. The molecule has 5 nitrogen and oxygen atoms in total. The highest BCUT2D eigenvalue weighted by atomic mass is 32.1. The lowest BCUT2D eigenvalue weighted by Crippen LogP contribution is -2.31. The van der Waals surface area contributed by atoms with Crippen LogP contribution in [0, 0.1) is 12.7 Å². The molecule has 3 aromatic carbocycles. The maximum Gasteiger partial charge on any atom is 0.294 e. The van der Waals surface area contributed by atoms with Crippen LogP contribution in [0.5, 0.6) is 0 Å². The Hall–Kier alpha value is -4.10. The van der Waals surface area contributed by atoms with Crippen LogP contribution in [0.4, 0.5) is 10.1 Å². The molecule has 1 aromatic heterocycles. The van der Waals surface area contributed by atoms with E-state index in [1.54, 1.807) is 37.3 Å². The van der Waals surface area contributed by atoms with Gasteiger partial charge in [-0.3, -0.25) is 14.5 Å². The van der Waals surface area contributed by atoms with Crippen LogP contribution in [0.1, 0.15) is 27.0 Å². The zero-order valence-corrected chi connectivity index (χ0v) is 18.9. The summed E-state index contributed by atoms with van der Waals surface area (Å²) in [5.41, 5.74) is 2.21. The van der Waals surface area contributed by atoms with Crippen LogP contribution in [-0.4, -0.2) is 21.8 Å². The van der Waals surface area contributed by atoms with E-state index in [0.717, 1.165) is 5.56 Å². The Balaban J connectivity index is 1.63. The van der Waals surface area contributed by atoms with Crippen LogP contribution < -0.4 is 4.90 Å². The SMILES string of the molecule is Cc1nc(-c2ccccc2)sc1C(=O)C1=C(O)C(=O)N(c2cccc(F)c2)C1c1ccccc1. The van der Waals surface area contributed by atoms with Crippen molar-refractivity contribution in [3.05, 3.63) is 118 Å². The molecule has 4 aromatic rings. The number of hydrogen-bond donors (Lipinski definition) is 1. The third kappa shape index (κ3) is 3.70. The predicted octanol–water partition coefficient (Wildman–Crippen LogP) is 6.04. The highest BCUT2D eigenvalue weighted by molar-refractivity contribution is 7.17. The Bertz CT molecular complexity index is 1430. The summed E-state index contributed by atoms with van der Waals surface area (Å²) in [4.78, 5) is 33.1. The summed E-state index contributed by atoms with van der Waals surface area (Å²) in [6.07, 6.45) is 0. The number of carbonyl (C=O) groups excluding carboxylic acids is 2. The molecule has 0 bridgehead atoms. The van der Waals surface area contributed by atoms with E-state index in [2.05, 4.69) is 4.98 Å². The summed E-state index contributed by atoms with van der Waals surface area (Å²) < 4.78 is 14.0. The molecule has 5 rings (SSSR count). The van der Waals surface area contributed by atoms with Crippen molar-refractivity contribution in [2.45, 2.75) is 13.0 Å². The normalized spacial score (nSPS) is 15.8. The highest BCUT2D eigenvalue weighted by Crippen LogP contribution is 2.43. The van der Waals surface area contributed by atoms with Gasteiger partial charge in [-0.05, 0) is 30.7 Å². The highest BCUT2D eigenvalue weighted by Gasteiger charge is 2.45. The van der Waals surface area contributed by atoms with E-state index in [1.165, 1.54) is 34.4 Å². The smallest absolute Gasteiger partial charge is 0.294 e. The molecule has 0 saturated carbocycles. The molecule has 1 aliphatic heterocycles. The van der Waals surface area contributed by atoms with E-state index in [1.807, 2.05) is 36.4 Å². The number of thiazole rings is 1. The predicted molar refractivity (Wildman–Crippen MR) is 129 cm³/mol. The second kappa shape index (κ2) is 8.68. The summed E-state index contributed by atoms with van der Waals surface area (Å²) in [5.74, 6) is -2.40. The number of amides is 1. The standard InChI is InChI=1S/C27H19FN2O3S/c1-16-25(34-26(29-16)18-11-6-3-7-12-18)23(31)21-22(17-9-4-2-5-10-17)30(27(33)24(21)32)20-14-8-13-19(28)15-20/h2-15,22,32H,1H3. The molecule has 34 heavy (non-hydrogen) atoms. The third-order valence-electron chi connectivity index (χ3n) is 5.68. The number of rotatable bonds is 5. The van der Waals surface area contributed by atoms with Gasteiger partial charge in [0.05, 0.1) is 22.2 Å². The van der Waals surface area contributed by atoms with Crippen molar-refractivity contribution in [1.82, 2.24) is 4.98 Å². The van der Waals surface area contributed by atoms with Crippen LogP contribution in [0.25, 0.3) is 10.6 Å². The Morgan fingerprint density at radius 1 is 1.00 bits per heavy atom. The van der Waals surface area contributed by atoms with Gasteiger partial charge < -0.3 is 5.11 Å². The first-order valence-corrected chi connectivity index (χ1v) is 11.4. The van der Waals surface area contributed by atoms with Crippen molar-refractivity contribution in [3.8, 4) is 10.6 Å². The molecule has 0 aliphatic carbocycles. The Morgan fingerprint density at radius 2 is 1.68 bits per heavy atom. The molecule has 0 radical (unpaired) electrons. The molecule has 1 N–H and O–H groups in total. The van der Waals surface area contributed by atoms with Crippen LogP contribution in [0.2, 0.25) is 0 Å². The summed E-state index contributed by atoms with van der Waals surface area (Å²) >= 11 is 1.21. The molecule has 7 heteroatoms. The van der Waals surface area contributed by atoms with E-state index in [4.69, 9.17) is 0 Å². The van der Waals surface area contributed by atoms with E-state index in [0.29, 0.717) is 21.1 Å². The first-order valence-electron chi connectivity index (χ1n) is 10.6. The van der Waals surface area contributed by atoms with Crippen LogP contribution in [-0.2, 0) is 4.79 Å². The van der Waals surface area contributed by atoms with Gasteiger partial charge in [-0.25, -0.2) is 9.37 Å². The first-order chi connectivity index (χ1) is 16.5.